The number of nitrogens with two attached hydrogens (primary N) is 1. The molecule has 0 radical (unpaired) electrons. The van der Waals surface area contributed by atoms with Crippen LogP contribution in [0.2, 0.25) is 0 Å². The molecule has 0 aliphatic carbocycles. The minimum Gasteiger partial charge on any atom is -0.338 e. The first-order valence-electron chi connectivity index (χ1n) is 7.11. The fourth-order valence-electron chi connectivity index (χ4n) is 2.88. The summed E-state index contributed by atoms with van der Waals surface area (Å²) in [7, 11) is 0. The Morgan fingerprint density at radius 1 is 1.05 bits per heavy atom. The lowest BCUT2D eigenvalue weighted by Gasteiger charge is -2.11. The minimum absolute atomic E-state index is 0.447. The summed E-state index contributed by atoms with van der Waals surface area (Å²) in [6.07, 6.45) is 4.07. The lowest BCUT2D eigenvalue weighted by atomic mass is 10.1. The van der Waals surface area contributed by atoms with Gasteiger partial charge in [0.05, 0.1) is 0 Å². The zero-order valence-electron chi connectivity index (χ0n) is 12.0. The maximum Gasteiger partial charge on any atom is 0.0494 e. The quantitative estimate of drug-likeness (QED) is 0.749. The molecular formula is C18H20N2. The van der Waals surface area contributed by atoms with Crippen molar-refractivity contribution in [3.8, 4) is 0 Å². The van der Waals surface area contributed by atoms with E-state index in [2.05, 4.69) is 67.0 Å². The predicted molar refractivity (Wildman–Crippen MR) is 87.9 cm³/mol. The van der Waals surface area contributed by atoms with Crippen molar-refractivity contribution >= 4 is 27.9 Å². The van der Waals surface area contributed by atoms with Gasteiger partial charge < -0.3 is 10.3 Å². The summed E-state index contributed by atoms with van der Waals surface area (Å²) in [6, 6.07) is 15.7. The van der Waals surface area contributed by atoms with Gasteiger partial charge in [0, 0.05) is 34.4 Å². The first-order valence-corrected chi connectivity index (χ1v) is 7.11. The maximum absolute atomic E-state index is 5.53. The number of para-hydroxylation sites is 1. The first-order chi connectivity index (χ1) is 9.72. The second kappa shape index (κ2) is 5.14. The number of hydrogen-bond donors (Lipinski definition) is 1. The summed E-state index contributed by atoms with van der Waals surface area (Å²) in [6.45, 7) is 5.04. The maximum atomic E-state index is 5.53. The van der Waals surface area contributed by atoms with E-state index in [0.717, 1.165) is 0 Å². The van der Waals surface area contributed by atoms with Gasteiger partial charge in [0.1, 0.15) is 0 Å². The van der Waals surface area contributed by atoms with Gasteiger partial charge in [-0.25, -0.2) is 0 Å². The Bertz CT molecular complexity index is 779. The molecular weight excluding hydrogens is 244 g/mol. The summed E-state index contributed by atoms with van der Waals surface area (Å²) >= 11 is 0. The van der Waals surface area contributed by atoms with Crippen molar-refractivity contribution in [2.45, 2.75) is 19.9 Å². The van der Waals surface area contributed by atoms with Gasteiger partial charge >= 0.3 is 0 Å². The molecule has 0 amide bonds. The van der Waals surface area contributed by atoms with Crippen molar-refractivity contribution in [1.29, 1.82) is 0 Å². The molecule has 2 aromatic carbocycles. The van der Waals surface area contributed by atoms with E-state index in [1.165, 1.54) is 27.4 Å². The Morgan fingerprint density at radius 3 is 2.55 bits per heavy atom. The van der Waals surface area contributed by atoms with Crippen LogP contribution in [0.4, 0.5) is 0 Å². The lowest BCUT2D eigenvalue weighted by Crippen LogP contribution is -1.99. The Morgan fingerprint density at radius 2 is 1.80 bits per heavy atom. The highest BCUT2D eigenvalue weighted by atomic mass is 15.0. The Labute approximate surface area is 119 Å². The fourth-order valence-corrected chi connectivity index (χ4v) is 2.88. The molecule has 3 aromatic rings. The molecule has 0 aliphatic rings. The van der Waals surface area contributed by atoms with Crippen LogP contribution in [0, 0.1) is 0 Å². The average molecular weight is 264 g/mol. The number of nitrogens with zero attached hydrogens (tertiary/aromatic N) is 1. The molecule has 0 aliphatic heterocycles. The second-order valence-corrected chi connectivity index (χ2v) is 5.40. The van der Waals surface area contributed by atoms with Crippen LogP contribution in [0.1, 0.15) is 25.5 Å². The fraction of sp³-hybridized carbons (Fsp3) is 0.222. The van der Waals surface area contributed by atoms with Crippen LogP contribution in [-0.2, 0) is 0 Å². The zero-order chi connectivity index (χ0) is 14.1. The molecule has 0 saturated carbocycles. The van der Waals surface area contributed by atoms with Crippen molar-refractivity contribution in [2.75, 3.05) is 6.54 Å². The van der Waals surface area contributed by atoms with E-state index in [4.69, 9.17) is 5.73 Å². The summed E-state index contributed by atoms with van der Waals surface area (Å²) in [5.74, 6) is 0. The molecule has 1 aromatic heterocycles. The van der Waals surface area contributed by atoms with Crippen molar-refractivity contribution < 1.29 is 0 Å². The van der Waals surface area contributed by atoms with Crippen molar-refractivity contribution in [3.63, 3.8) is 0 Å². The number of hydrogen-bond acceptors (Lipinski definition) is 1. The second-order valence-electron chi connectivity index (χ2n) is 5.40. The molecule has 0 atom stereocenters. The number of benzene rings is 2. The first kappa shape index (κ1) is 12.9. The van der Waals surface area contributed by atoms with E-state index in [0.29, 0.717) is 12.6 Å². The Balaban J connectivity index is 2.35. The molecule has 0 spiro atoms. The molecule has 2 nitrogen and oxygen atoms in total. The Hall–Kier alpha value is -2.06. The van der Waals surface area contributed by atoms with Gasteiger partial charge in [-0.3, -0.25) is 0 Å². The molecule has 0 fully saturated rings. The number of aromatic nitrogens is 1. The van der Waals surface area contributed by atoms with Crippen LogP contribution in [0.25, 0.3) is 27.9 Å². The molecule has 0 unspecified atom stereocenters. The molecule has 20 heavy (non-hydrogen) atoms. The van der Waals surface area contributed by atoms with Crippen molar-refractivity contribution in [1.82, 2.24) is 4.57 Å². The third kappa shape index (κ3) is 2.02. The molecule has 2 N–H and O–H groups in total. The topological polar surface area (TPSA) is 30.9 Å². The van der Waals surface area contributed by atoms with E-state index in [-0.39, 0.29) is 0 Å². The number of rotatable bonds is 3. The van der Waals surface area contributed by atoms with E-state index in [9.17, 15) is 0 Å². The van der Waals surface area contributed by atoms with Crippen LogP contribution >= 0.6 is 0 Å². The highest BCUT2D eigenvalue weighted by Gasteiger charge is 2.12. The van der Waals surface area contributed by atoms with Gasteiger partial charge in [-0.05, 0) is 37.6 Å². The van der Waals surface area contributed by atoms with Gasteiger partial charge in [0.2, 0.25) is 0 Å². The minimum atomic E-state index is 0.447. The summed E-state index contributed by atoms with van der Waals surface area (Å²) in [5, 5.41) is 2.63. The Kier molecular flexibility index (Phi) is 3.33. The lowest BCUT2D eigenvalue weighted by molar-refractivity contribution is 0.642. The van der Waals surface area contributed by atoms with E-state index in [1.54, 1.807) is 0 Å². The van der Waals surface area contributed by atoms with Crippen molar-refractivity contribution in [2.24, 2.45) is 5.73 Å². The molecule has 1 heterocycles. The highest BCUT2D eigenvalue weighted by molar-refractivity contribution is 6.08. The standard InChI is InChI=1S/C18H20N2/c1-13(2)20-17-8-4-3-7-15(17)16-12-14(6-5-11-19)9-10-18(16)20/h3-10,12-13H,11,19H2,1-2H3/b6-5+. The third-order valence-electron chi connectivity index (χ3n) is 3.70. The van der Waals surface area contributed by atoms with Gasteiger partial charge in [0.15, 0.2) is 0 Å². The van der Waals surface area contributed by atoms with Crippen molar-refractivity contribution in [3.05, 3.63) is 54.1 Å². The van der Waals surface area contributed by atoms with E-state index in [1.807, 2.05) is 6.08 Å². The van der Waals surface area contributed by atoms with Gasteiger partial charge in [-0.2, -0.15) is 0 Å². The van der Waals surface area contributed by atoms with Gasteiger partial charge in [0.25, 0.3) is 0 Å². The molecule has 0 saturated heterocycles. The number of fused-ring (bicyclic) bond motifs is 3. The summed E-state index contributed by atoms with van der Waals surface area (Å²) in [4.78, 5) is 0. The van der Waals surface area contributed by atoms with E-state index < -0.39 is 0 Å². The average Bonchev–Trinajstić information content (AvgIpc) is 2.79. The SMILES string of the molecule is CC(C)n1c2ccccc2c2cc(/C=C/CN)ccc21. The summed E-state index contributed by atoms with van der Waals surface area (Å²) < 4.78 is 2.40. The monoisotopic (exact) mass is 264 g/mol. The van der Waals surface area contributed by atoms with Crippen LogP contribution in [0.3, 0.4) is 0 Å². The predicted octanol–water partition coefficient (Wildman–Crippen LogP) is 4.35. The van der Waals surface area contributed by atoms with E-state index >= 15 is 0 Å². The highest BCUT2D eigenvalue weighted by Crippen LogP contribution is 2.32. The molecule has 0 bridgehead atoms. The summed E-state index contributed by atoms with van der Waals surface area (Å²) in [5.41, 5.74) is 9.34. The zero-order valence-corrected chi connectivity index (χ0v) is 12.0. The third-order valence-corrected chi connectivity index (χ3v) is 3.70. The molecule has 3 rings (SSSR count). The molecule has 102 valence electrons. The largest absolute Gasteiger partial charge is 0.338 e. The van der Waals surface area contributed by atoms with Gasteiger partial charge in [-0.1, -0.05) is 36.4 Å². The van der Waals surface area contributed by atoms with Gasteiger partial charge in [-0.15, -0.1) is 0 Å². The molecule has 2 heteroatoms. The van der Waals surface area contributed by atoms with Crippen LogP contribution in [0.5, 0.6) is 0 Å². The normalized spacial score (nSPS) is 12.2. The van der Waals surface area contributed by atoms with Crippen LogP contribution in [0.15, 0.2) is 48.5 Å². The smallest absolute Gasteiger partial charge is 0.0494 e. The van der Waals surface area contributed by atoms with Crippen LogP contribution < -0.4 is 5.73 Å². The van der Waals surface area contributed by atoms with Crippen LogP contribution in [-0.4, -0.2) is 11.1 Å².